The number of halogens is 6. The average molecular weight is 395 g/mol. The second-order valence-electron chi connectivity index (χ2n) is 4.60. The van der Waals surface area contributed by atoms with E-state index in [0.717, 1.165) is 21.7 Å². The van der Waals surface area contributed by atoms with E-state index in [1.165, 1.54) is 24.8 Å². The van der Waals surface area contributed by atoms with Gasteiger partial charge in [-0.3, -0.25) is 9.78 Å². The minimum Gasteiger partial charge on any atom is -0.361 e. The third kappa shape index (κ3) is 5.55. The fraction of sp³-hybridized carbons (Fsp3) is 0.250. The zero-order chi connectivity index (χ0) is 20.1. The highest BCUT2D eigenvalue weighted by Gasteiger charge is 2.44. The number of alkyl halides is 6. The van der Waals surface area contributed by atoms with Crippen molar-refractivity contribution in [2.45, 2.75) is 12.4 Å². The van der Waals surface area contributed by atoms with Gasteiger partial charge in [0.05, 0.1) is 18.9 Å². The minimum atomic E-state index is -4.81. The first-order chi connectivity index (χ1) is 12.6. The Kier molecular flexibility index (Phi) is 5.81. The van der Waals surface area contributed by atoms with Gasteiger partial charge in [-0.05, 0) is 4.63 Å². The van der Waals surface area contributed by atoms with E-state index in [1.54, 1.807) is 0 Å². The number of Topliss-reactive ketones (excluding diaryl/α,β-unsaturated/α-hetero) is 1. The molecule has 0 atom stereocenters. The first-order valence-corrected chi connectivity index (χ1v) is 6.83. The molecule has 3 aromatic heterocycles. The van der Waals surface area contributed by atoms with E-state index in [1.807, 2.05) is 0 Å². The van der Waals surface area contributed by atoms with Gasteiger partial charge in [0, 0.05) is 12.4 Å². The van der Waals surface area contributed by atoms with E-state index in [-0.39, 0.29) is 5.82 Å². The molecule has 3 heterocycles. The Balaban J connectivity index is 0.000000194. The molecule has 0 aliphatic rings. The molecule has 0 unspecified atom stereocenters. The second-order valence-corrected chi connectivity index (χ2v) is 4.60. The number of ketones is 1. The summed E-state index contributed by atoms with van der Waals surface area (Å²) in [6, 6.07) is 0. The Bertz CT molecular complexity index is 894. The van der Waals surface area contributed by atoms with Gasteiger partial charge in [-0.1, -0.05) is 0 Å². The second kappa shape index (κ2) is 7.88. The van der Waals surface area contributed by atoms with Gasteiger partial charge in [0.25, 0.3) is 5.78 Å². The Hall–Kier alpha value is -3.39. The third-order valence-electron chi connectivity index (χ3n) is 2.70. The number of rotatable bonds is 3. The molecule has 0 amide bonds. The van der Waals surface area contributed by atoms with Gasteiger partial charge < -0.3 is 5.32 Å². The Morgan fingerprint density at radius 3 is 2.44 bits per heavy atom. The fourth-order valence-corrected chi connectivity index (χ4v) is 1.54. The third-order valence-corrected chi connectivity index (χ3v) is 2.70. The lowest BCUT2D eigenvalue weighted by molar-refractivity contribution is -0.645. The van der Waals surface area contributed by atoms with E-state index in [0.29, 0.717) is 0 Å². The predicted octanol–water partition coefficient (Wildman–Crippen LogP) is 0.748. The molecule has 0 aromatic carbocycles. The minimum absolute atomic E-state index is 0.130. The summed E-state index contributed by atoms with van der Waals surface area (Å²) in [5, 5.41) is 8.42. The van der Waals surface area contributed by atoms with E-state index in [9.17, 15) is 31.1 Å². The van der Waals surface area contributed by atoms with Crippen molar-refractivity contribution in [3.63, 3.8) is 0 Å². The Morgan fingerprint density at radius 1 is 1.11 bits per heavy atom. The molecule has 3 rings (SSSR count). The van der Waals surface area contributed by atoms with Crippen molar-refractivity contribution in [2.75, 3.05) is 11.9 Å². The van der Waals surface area contributed by atoms with Gasteiger partial charge in [-0.15, -0.1) is 4.52 Å². The molecular weight excluding hydrogens is 386 g/mol. The average Bonchev–Trinajstić information content (AvgIpc) is 3.05. The number of tetrazole rings is 1. The maximum Gasteiger partial charge on any atom is 0.488 e. The number of hydrogen-bond acceptors (Lipinski definition) is 7. The summed E-state index contributed by atoms with van der Waals surface area (Å²) in [4.78, 5) is 21.2. The predicted molar refractivity (Wildman–Crippen MR) is 73.0 cm³/mol. The molecule has 0 spiro atoms. The van der Waals surface area contributed by atoms with Gasteiger partial charge in [0.2, 0.25) is 0 Å². The highest BCUT2D eigenvalue weighted by atomic mass is 19.4. The molecule has 0 saturated carbocycles. The number of hydrogen-bond donors (Lipinski definition) is 1. The molecule has 15 heteroatoms. The van der Waals surface area contributed by atoms with E-state index < -0.39 is 30.5 Å². The van der Waals surface area contributed by atoms with Gasteiger partial charge >= 0.3 is 18.2 Å². The highest BCUT2D eigenvalue weighted by Crippen LogP contribution is 2.23. The standard InChI is InChI=1S/C7H6F3N3O.C5H3F3N5/c8-7(9,10)5(14)3-13-6-4-11-1-2-12-6;6-5(7,8)4-10-11-13-3-9-1-2-12(4)13/h1-2,4H,3H2,(H,12,13);1-3H/q;+1. The summed E-state index contributed by atoms with van der Waals surface area (Å²) in [5.74, 6) is -2.79. The number of fused-ring (bicyclic) bond motifs is 1. The molecule has 9 nitrogen and oxygen atoms in total. The van der Waals surface area contributed by atoms with Crippen molar-refractivity contribution in [1.29, 1.82) is 0 Å². The van der Waals surface area contributed by atoms with Crippen LogP contribution in [0.2, 0.25) is 0 Å². The molecule has 3 aromatic rings. The van der Waals surface area contributed by atoms with Crippen molar-refractivity contribution in [3.05, 3.63) is 43.1 Å². The normalized spacial score (nSPS) is 11.6. The van der Waals surface area contributed by atoms with Crippen molar-refractivity contribution in [3.8, 4) is 0 Å². The van der Waals surface area contributed by atoms with Crippen LogP contribution in [0.5, 0.6) is 0 Å². The number of nitrogens with one attached hydrogen (secondary N) is 1. The smallest absolute Gasteiger partial charge is 0.361 e. The van der Waals surface area contributed by atoms with Crippen LogP contribution in [-0.4, -0.2) is 48.4 Å². The zero-order valence-electron chi connectivity index (χ0n) is 13.0. The number of aromatic nitrogens is 7. The molecule has 0 radical (unpaired) electrons. The van der Waals surface area contributed by atoms with Crippen LogP contribution in [0.15, 0.2) is 37.3 Å². The van der Waals surface area contributed by atoms with Gasteiger partial charge in [0.1, 0.15) is 17.1 Å². The van der Waals surface area contributed by atoms with Crippen LogP contribution in [0.3, 0.4) is 0 Å². The highest BCUT2D eigenvalue weighted by molar-refractivity contribution is 5.87. The monoisotopic (exact) mass is 395 g/mol. The van der Waals surface area contributed by atoms with Crippen molar-refractivity contribution in [1.82, 2.24) is 29.9 Å². The Labute approximate surface area is 145 Å². The molecular formula is C12H9F6N8O+. The SMILES string of the molecule is FC(F)(F)c1nnn2cncc[n+]12.O=C(CNc1cnccn1)C(F)(F)F. The Morgan fingerprint density at radius 2 is 1.85 bits per heavy atom. The molecule has 0 fully saturated rings. The zero-order valence-corrected chi connectivity index (χ0v) is 13.0. The van der Waals surface area contributed by atoms with Crippen molar-refractivity contribution >= 4 is 11.6 Å². The molecule has 27 heavy (non-hydrogen) atoms. The maximum atomic E-state index is 12.2. The molecule has 1 N–H and O–H groups in total. The number of carbonyl (C=O) groups is 1. The van der Waals surface area contributed by atoms with Crippen molar-refractivity contribution in [2.24, 2.45) is 0 Å². The summed E-state index contributed by atoms with van der Waals surface area (Å²) >= 11 is 0. The summed E-state index contributed by atoms with van der Waals surface area (Å²) < 4.78 is 73.4. The summed E-state index contributed by atoms with van der Waals surface area (Å²) in [7, 11) is 0. The van der Waals surface area contributed by atoms with Crippen LogP contribution in [0, 0.1) is 0 Å². The molecule has 0 aliphatic carbocycles. The number of anilines is 1. The van der Waals surface area contributed by atoms with E-state index >= 15 is 0 Å². The lowest BCUT2D eigenvalue weighted by Crippen LogP contribution is -2.36. The van der Waals surface area contributed by atoms with Gasteiger partial charge in [-0.2, -0.15) is 26.3 Å². The molecule has 0 bridgehead atoms. The van der Waals surface area contributed by atoms with Crippen LogP contribution in [0.25, 0.3) is 0 Å². The van der Waals surface area contributed by atoms with Gasteiger partial charge in [0.15, 0.2) is 11.5 Å². The first-order valence-electron chi connectivity index (χ1n) is 6.83. The quantitative estimate of drug-likeness (QED) is 0.516. The lowest BCUT2D eigenvalue weighted by atomic mass is 10.4. The number of nitrogens with zero attached hydrogens (tertiary/aromatic N) is 7. The summed E-state index contributed by atoms with van der Waals surface area (Å²) in [6.07, 6.45) is -1.94. The lowest BCUT2D eigenvalue weighted by Gasteiger charge is -2.06. The van der Waals surface area contributed by atoms with E-state index in [2.05, 4.69) is 30.6 Å². The maximum absolute atomic E-state index is 12.2. The van der Waals surface area contributed by atoms with Crippen LogP contribution in [0.1, 0.15) is 5.82 Å². The van der Waals surface area contributed by atoms with Crippen LogP contribution >= 0.6 is 0 Å². The van der Waals surface area contributed by atoms with Crippen LogP contribution in [0.4, 0.5) is 32.2 Å². The largest absolute Gasteiger partial charge is 0.488 e. The van der Waals surface area contributed by atoms with Crippen LogP contribution in [-0.2, 0) is 11.0 Å². The van der Waals surface area contributed by atoms with Crippen LogP contribution < -0.4 is 9.83 Å². The van der Waals surface area contributed by atoms with Gasteiger partial charge in [-0.25, -0.2) is 9.97 Å². The first kappa shape index (κ1) is 19.9. The topological polar surface area (TPSA) is 102 Å². The summed E-state index contributed by atoms with van der Waals surface area (Å²) in [5.41, 5.74) is 0. The number of carbonyl (C=O) groups excluding carboxylic acids is 1. The fourth-order valence-electron chi connectivity index (χ4n) is 1.54. The van der Waals surface area contributed by atoms with Crippen molar-refractivity contribution < 1.29 is 35.7 Å². The van der Waals surface area contributed by atoms with E-state index in [4.69, 9.17) is 0 Å². The molecule has 144 valence electrons. The molecule has 0 saturated heterocycles. The molecule has 0 aliphatic heterocycles. The summed E-state index contributed by atoms with van der Waals surface area (Å²) in [6.45, 7) is -0.831.